The second-order valence-electron chi connectivity index (χ2n) is 12.2. The summed E-state index contributed by atoms with van der Waals surface area (Å²) in [7, 11) is 0. The molecule has 2 heteroatoms. The molecule has 216 valence electrons. The van der Waals surface area contributed by atoms with E-state index in [2.05, 4.69) is 182 Å². The zero-order valence-corrected chi connectivity index (χ0v) is 25.9. The Labute approximate surface area is 259 Å². The summed E-state index contributed by atoms with van der Waals surface area (Å²) in [6, 6.07) is 52.4. The van der Waals surface area contributed by atoms with Crippen molar-refractivity contribution in [3.8, 4) is 11.4 Å². The van der Waals surface area contributed by atoms with Crippen molar-refractivity contribution in [3.05, 3.63) is 157 Å². The van der Waals surface area contributed by atoms with Gasteiger partial charge in [0.1, 0.15) is 0 Å². The van der Waals surface area contributed by atoms with Crippen LogP contribution in [0.1, 0.15) is 50.7 Å². The van der Waals surface area contributed by atoms with E-state index in [4.69, 9.17) is 0 Å². The average Bonchev–Trinajstić information content (AvgIpc) is 3.58. The first-order chi connectivity index (χ1) is 21.5. The van der Waals surface area contributed by atoms with Gasteiger partial charge < -0.3 is 9.13 Å². The third kappa shape index (κ3) is 4.87. The second-order valence-corrected chi connectivity index (χ2v) is 12.2. The summed E-state index contributed by atoms with van der Waals surface area (Å²) >= 11 is 0. The summed E-state index contributed by atoms with van der Waals surface area (Å²) in [4.78, 5) is 0. The fraction of sp³-hybridized carbons (Fsp3) is 0.143. The maximum atomic E-state index is 2.37. The molecule has 0 saturated carbocycles. The Bertz CT molecular complexity index is 2120. The molecule has 0 fully saturated rings. The van der Waals surface area contributed by atoms with E-state index >= 15 is 0 Å². The van der Waals surface area contributed by atoms with E-state index in [1.54, 1.807) is 0 Å². The third-order valence-corrected chi connectivity index (χ3v) is 8.77. The van der Waals surface area contributed by atoms with Crippen molar-refractivity contribution in [2.75, 3.05) is 0 Å². The average molecular weight is 571 g/mol. The Hall–Kier alpha value is -5.08. The van der Waals surface area contributed by atoms with Crippen molar-refractivity contribution in [3.63, 3.8) is 0 Å². The van der Waals surface area contributed by atoms with Gasteiger partial charge in [0.05, 0.1) is 22.1 Å². The Kier molecular flexibility index (Phi) is 7.28. The predicted octanol–water partition coefficient (Wildman–Crippen LogP) is 11.8. The molecular formula is C42H38N2. The smallest absolute Gasteiger partial charge is 0.0541 e. The van der Waals surface area contributed by atoms with Gasteiger partial charge in [0.15, 0.2) is 0 Å². The van der Waals surface area contributed by atoms with Crippen LogP contribution >= 0.6 is 0 Å². The van der Waals surface area contributed by atoms with E-state index in [0.717, 1.165) is 0 Å². The first kappa shape index (κ1) is 27.7. The molecular weight excluding hydrogens is 532 g/mol. The minimum absolute atomic E-state index is 0.535. The minimum atomic E-state index is 0.535. The van der Waals surface area contributed by atoms with Gasteiger partial charge in [-0.15, -0.1) is 0 Å². The Morgan fingerprint density at radius 1 is 0.341 bits per heavy atom. The zero-order chi connectivity index (χ0) is 30.2. The van der Waals surface area contributed by atoms with E-state index in [-0.39, 0.29) is 0 Å². The highest BCUT2D eigenvalue weighted by atomic mass is 15.0. The van der Waals surface area contributed by atoms with Crippen LogP contribution in [0.4, 0.5) is 0 Å². The van der Waals surface area contributed by atoms with Crippen molar-refractivity contribution in [2.45, 2.75) is 39.5 Å². The molecule has 8 rings (SSSR count). The normalized spacial score (nSPS) is 11.6. The van der Waals surface area contributed by atoms with Gasteiger partial charge >= 0.3 is 0 Å². The largest absolute Gasteiger partial charge is 0.309 e. The van der Waals surface area contributed by atoms with E-state index in [1.165, 1.54) is 66.1 Å². The van der Waals surface area contributed by atoms with Crippen LogP contribution in [-0.2, 0) is 0 Å². The van der Waals surface area contributed by atoms with E-state index < -0.39 is 0 Å². The molecule has 2 nitrogen and oxygen atoms in total. The molecule has 8 aromatic rings. The number of fused-ring (bicyclic) bond motifs is 6. The van der Waals surface area contributed by atoms with Gasteiger partial charge in [0, 0.05) is 32.9 Å². The molecule has 6 aromatic carbocycles. The number of benzene rings is 6. The standard InChI is InChI=1S/2C21H19N/c1-15(2)16-8-7-9-17(14-16)22-20-12-5-3-10-18(20)19-11-4-6-13-21(19)22;1-15(2)16-11-13-17(14-12-16)22-20-9-5-3-7-18(20)19-8-4-6-10-21(19)22/h2*3-15H,1-2H3. The molecule has 0 aliphatic rings. The first-order valence-corrected chi connectivity index (χ1v) is 15.7. The lowest BCUT2D eigenvalue weighted by Crippen LogP contribution is -1.96. The molecule has 0 saturated heterocycles. The van der Waals surface area contributed by atoms with Gasteiger partial charge in [-0.2, -0.15) is 0 Å². The second kappa shape index (κ2) is 11.5. The summed E-state index contributed by atoms with van der Waals surface area (Å²) in [5.41, 5.74) is 10.3. The van der Waals surface area contributed by atoms with E-state index in [0.29, 0.717) is 11.8 Å². The van der Waals surface area contributed by atoms with E-state index in [1.807, 2.05) is 0 Å². The highest BCUT2D eigenvalue weighted by Crippen LogP contribution is 2.33. The van der Waals surface area contributed by atoms with Gasteiger partial charge in [-0.05, 0) is 71.5 Å². The van der Waals surface area contributed by atoms with E-state index in [9.17, 15) is 0 Å². The molecule has 2 aromatic heterocycles. The van der Waals surface area contributed by atoms with Crippen LogP contribution in [0.15, 0.2) is 146 Å². The van der Waals surface area contributed by atoms with Crippen molar-refractivity contribution in [1.29, 1.82) is 0 Å². The van der Waals surface area contributed by atoms with Crippen LogP contribution in [0.3, 0.4) is 0 Å². The Morgan fingerprint density at radius 3 is 1.14 bits per heavy atom. The van der Waals surface area contributed by atoms with Gasteiger partial charge in [-0.25, -0.2) is 0 Å². The number of aromatic nitrogens is 2. The first-order valence-electron chi connectivity index (χ1n) is 15.7. The molecule has 0 aliphatic heterocycles. The van der Waals surface area contributed by atoms with Crippen molar-refractivity contribution in [1.82, 2.24) is 9.13 Å². The number of hydrogen-bond acceptors (Lipinski definition) is 0. The Balaban J connectivity index is 0.000000142. The number of hydrogen-bond donors (Lipinski definition) is 0. The molecule has 0 aliphatic carbocycles. The maximum absolute atomic E-state index is 2.37. The number of para-hydroxylation sites is 4. The van der Waals surface area contributed by atoms with Crippen molar-refractivity contribution >= 4 is 43.6 Å². The molecule has 0 spiro atoms. The lowest BCUT2D eigenvalue weighted by molar-refractivity contribution is 0.864. The lowest BCUT2D eigenvalue weighted by atomic mass is 10.0. The van der Waals surface area contributed by atoms with Crippen LogP contribution in [0.25, 0.3) is 55.0 Å². The van der Waals surface area contributed by atoms with Crippen LogP contribution in [0, 0.1) is 0 Å². The van der Waals surface area contributed by atoms with Gasteiger partial charge in [-0.3, -0.25) is 0 Å². The molecule has 0 unspecified atom stereocenters. The monoisotopic (exact) mass is 570 g/mol. The number of rotatable bonds is 4. The lowest BCUT2D eigenvalue weighted by Gasteiger charge is -2.11. The maximum Gasteiger partial charge on any atom is 0.0541 e. The molecule has 0 N–H and O–H groups in total. The molecule has 2 heterocycles. The highest BCUT2D eigenvalue weighted by molar-refractivity contribution is 6.10. The highest BCUT2D eigenvalue weighted by Gasteiger charge is 2.13. The fourth-order valence-electron chi connectivity index (χ4n) is 6.43. The summed E-state index contributed by atoms with van der Waals surface area (Å²) in [6.45, 7) is 8.95. The van der Waals surface area contributed by atoms with Crippen LogP contribution in [0.5, 0.6) is 0 Å². The summed E-state index contributed by atoms with van der Waals surface area (Å²) < 4.78 is 4.73. The quantitative estimate of drug-likeness (QED) is 0.199. The van der Waals surface area contributed by atoms with Gasteiger partial charge in [-0.1, -0.05) is 125 Å². The molecule has 0 bridgehead atoms. The van der Waals surface area contributed by atoms with Crippen LogP contribution in [-0.4, -0.2) is 9.13 Å². The molecule has 0 amide bonds. The van der Waals surface area contributed by atoms with Crippen molar-refractivity contribution in [2.24, 2.45) is 0 Å². The van der Waals surface area contributed by atoms with Gasteiger partial charge in [0.25, 0.3) is 0 Å². The number of nitrogens with zero attached hydrogens (tertiary/aromatic N) is 2. The predicted molar refractivity (Wildman–Crippen MR) is 190 cm³/mol. The third-order valence-electron chi connectivity index (χ3n) is 8.77. The summed E-state index contributed by atoms with van der Waals surface area (Å²) in [5, 5.41) is 5.25. The van der Waals surface area contributed by atoms with Crippen molar-refractivity contribution < 1.29 is 0 Å². The SMILES string of the molecule is CC(C)c1ccc(-n2c3ccccc3c3ccccc32)cc1.CC(C)c1cccc(-n2c3ccccc3c3ccccc32)c1. The van der Waals surface area contributed by atoms with Crippen LogP contribution < -0.4 is 0 Å². The van der Waals surface area contributed by atoms with Gasteiger partial charge in [0.2, 0.25) is 0 Å². The van der Waals surface area contributed by atoms with Crippen LogP contribution in [0.2, 0.25) is 0 Å². The summed E-state index contributed by atoms with van der Waals surface area (Å²) in [6.07, 6.45) is 0. The fourth-order valence-corrected chi connectivity index (χ4v) is 6.43. The summed E-state index contributed by atoms with van der Waals surface area (Å²) in [5.74, 6) is 1.10. The Morgan fingerprint density at radius 2 is 0.727 bits per heavy atom. The molecule has 0 atom stereocenters. The zero-order valence-electron chi connectivity index (χ0n) is 25.9. The molecule has 0 radical (unpaired) electrons. The minimum Gasteiger partial charge on any atom is -0.309 e. The molecule has 44 heavy (non-hydrogen) atoms. The topological polar surface area (TPSA) is 9.86 Å².